The van der Waals surface area contributed by atoms with Gasteiger partial charge in [-0.2, -0.15) is 26.3 Å². The number of para-hydroxylation sites is 1. The van der Waals surface area contributed by atoms with Gasteiger partial charge >= 0.3 is 30.2 Å². The maximum absolute atomic E-state index is 13.5. The third-order valence-electron chi connectivity index (χ3n) is 12.9. The van der Waals surface area contributed by atoms with E-state index in [4.69, 9.17) is 14.2 Å². The molecule has 0 bridgehead atoms. The quantitative estimate of drug-likeness (QED) is 0.0356. The molecule has 8 nitrogen and oxygen atoms in total. The van der Waals surface area contributed by atoms with Crippen molar-refractivity contribution in [2.45, 2.75) is 39.7 Å². The monoisotopic (exact) mass is 1100 g/mol. The minimum Gasteiger partial charge on any atom is -0.493 e. The number of rotatable bonds is 23. The number of aryl methyl sites for hydroxylation is 2. The highest BCUT2D eigenvalue weighted by molar-refractivity contribution is 5.81. The SMILES string of the molecule is Cc1cccc(N(c2ccccc2)c2ccc(-c3ccc(N(c4ccc(COC(=O)Cc5cc(OCCc6ccc(OC(F)=C(F)F)cc6)cc(OCCc6ccc(OC(F)=C(F)F)cc6)c5)cc4)c4cccc(C)c4)cc3)cc2)c1. The van der Waals surface area contributed by atoms with Gasteiger partial charge in [0, 0.05) is 53.0 Å². The first-order valence-corrected chi connectivity index (χ1v) is 25.9. The maximum atomic E-state index is 13.5. The maximum Gasteiger partial charge on any atom is 0.344 e. The molecule has 0 saturated carbocycles. The van der Waals surface area contributed by atoms with Gasteiger partial charge in [-0.25, -0.2) is 0 Å². The van der Waals surface area contributed by atoms with E-state index in [1.165, 1.54) is 29.8 Å². The summed E-state index contributed by atoms with van der Waals surface area (Å²) in [4.78, 5) is 17.9. The molecule has 0 N–H and O–H groups in total. The Kier molecular flexibility index (Phi) is 18.5. The van der Waals surface area contributed by atoms with Crippen LogP contribution in [0.15, 0.2) is 243 Å². The first kappa shape index (κ1) is 56.0. The lowest BCUT2D eigenvalue weighted by molar-refractivity contribution is -0.144. The third-order valence-corrected chi connectivity index (χ3v) is 12.9. The van der Waals surface area contributed by atoms with Crippen molar-refractivity contribution in [2.24, 2.45) is 0 Å². The summed E-state index contributed by atoms with van der Waals surface area (Å²) in [7, 11) is 0. The van der Waals surface area contributed by atoms with Gasteiger partial charge in [-0.1, -0.05) is 103 Å². The van der Waals surface area contributed by atoms with Crippen LogP contribution in [0.5, 0.6) is 23.0 Å². The molecule has 0 heterocycles. The van der Waals surface area contributed by atoms with Crippen molar-refractivity contribution in [3.8, 4) is 34.1 Å². The number of ether oxygens (including phenoxy) is 5. The van der Waals surface area contributed by atoms with Crippen molar-refractivity contribution in [3.05, 3.63) is 276 Å². The minimum atomic E-state index is -2.56. The Balaban J connectivity index is 0.858. The van der Waals surface area contributed by atoms with Crippen LogP contribution in [0, 0.1) is 13.8 Å². The van der Waals surface area contributed by atoms with Gasteiger partial charge in [-0.3, -0.25) is 4.79 Å². The summed E-state index contributed by atoms with van der Waals surface area (Å²) >= 11 is 0. The Bertz CT molecular complexity index is 3520. The zero-order valence-corrected chi connectivity index (χ0v) is 44.1. The largest absolute Gasteiger partial charge is 0.493 e. The second-order valence-electron chi connectivity index (χ2n) is 18.9. The molecule has 410 valence electrons. The van der Waals surface area contributed by atoms with E-state index in [-0.39, 0.29) is 37.7 Å². The van der Waals surface area contributed by atoms with Crippen LogP contribution in [-0.2, 0) is 35.4 Å². The van der Waals surface area contributed by atoms with E-state index in [0.29, 0.717) is 29.9 Å². The van der Waals surface area contributed by atoms with Crippen LogP contribution in [0.3, 0.4) is 0 Å². The fraction of sp³-hybridized carbons (Fsp3) is 0.119. The van der Waals surface area contributed by atoms with Crippen molar-refractivity contribution >= 4 is 40.1 Å². The summed E-state index contributed by atoms with van der Waals surface area (Å²) in [5.41, 5.74) is 13.3. The normalized spacial score (nSPS) is 10.8. The number of esters is 1. The van der Waals surface area contributed by atoms with Crippen LogP contribution >= 0.6 is 0 Å². The number of carbonyl (C=O) groups is 1. The molecule has 9 aromatic rings. The molecular formula is C67H54F6N2O6. The molecule has 0 amide bonds. The topological polar surface area (TPSA) is 69.7 Å². The molecule has 0 aliphatic rings. The average Bonchev–Trinajstić information content (AvgIpc) is 3.60. The van der Waals surface area contributed by atoms with Crippen LogP contribution < -0.4 is 28.7 Å². The Morgan fingerprint density at radius 2 is 0.778 bits per heavy atom. The molecule has 0 unspecified atom stereocenters. The summed E-state index contributed by atoms with van der Waals surface area (Å²) in [6, 6.07) is 64.9. The van der Waals surface area contributed by atoms with Crippen molar-refractivity contribution in [1.82, 2.24) is 0 Å². The van der Waals surface area contributed by atoms with Gasteiger partial charge in [-0.15, -0.1) is 0 Å². The first-order chi connectivity index (χ1) is 39.3. The lowest BCUT2D eigenvalue weighted by Gasteiger charge is -2.26. The Morgan fingerprint density at radius 3 is 1.20 bits per heavy atom. The van der Waals surface area contributed by atoms with Gasteiger partial charge in [0.2, 0.25) is 0 Å². The summed E-state index contributed by atoms with van der Waals surface area (Å²) in [5.74, 6) is 0.0796. The van der Waals surface area contributed by atoms with Gasteiger partial charge in [-0.05, 0) is 168 Å². The Hall–Kier alpha value is -9.69. The predicted octanol–water partition coefficient (Wildman–Crippen LogP) is 18.3. The van der Waals surface area contributed by atoms with Crippen LogP contribution in [0.25, 0.3) is 11.1 Å². The van der Waals surface area contributed by atoms with Crippen LogP contribution in [0.1, 0.15) is 33.4 Å². The molecule has 9 aromatic carbocycles. The minimum absolute atomic E-state index is 0.00957. The Morgan fingerprint density at radius 1 is 0.383 bits per heavy atom. The molecule has 14 heteroatoms. The number of carbonyl (C=O) groups excluding carboxylic acids is 1. The molecule has 0 spiro atoms. The highest BCUT2D eigenvalue weighted by atomic mass is 19.3. The molecule has 0 aliphatic heterocycles. The average molecular weight is 1100 g/mol. The molecule has 0 aliphatic carbocycles. The summed E-state index contributed by atoms with van der Waals surface area (Å²) in [5, 5.41) is 0. The van der Waals surface area contributed by atoms with Crippen LogP contribution in [-0.4, -0.2) is 19.2 Å². The number of hydrogen-bond donors (Lipinski definition) is 0. The zero-order valence-electron chi connectivity index (χ0n) is 44.1. The van der Waals surface area contributed by atoms with E-state index in [1.807, 2.05) is 48.5 Å². The molecule has 0 radical (unpaired) electrons. The summed E-state index contributed by atoms with van der Waals surface area (Å²) in [6.07, 6.45) is -4.49. The van der Waals surface area contributed by atoms with E-state index in [1.54, 1.807) is 42.5 Å². The fourth-order valence-corrected chi connectivity index (χ4v) is 8.94. The Labute approximate surface area is 465 Å². The van der Waals surface area contributed by atoms with Crippen molar-refractivity contribution in [3.63, 3.8) is 0 Å². The summed E-state index contributed by atoms with van der Waals surface area (Å²) in [6.45, 7) is 4.50. The van der Waals surface area contributed by atoms with E-state index in [2.05, 4.69) is 136 Å². The lowest BCUT2D eigenvalue weighted by atomic mass is 10.0. The van der Waals surface area contributed by atoms with Crippen molar-refractivity contribution < 1.29 is 54.8 Å². The van der Waals surface area contributed by atoms with Gasteiger partial charge in [0.25, 0.3) is 0 Å². The van der Waals surface area contributed by atoms with E-state index in [9.17, 15) is 31.1 Å². The summed E-state index contributed by atoms with van der Waals surface area (Å²) < 4.78 is 104. The molecule has 81 heavy (non-hydrogen) atoms. The number of nitrogens with zero attached hydrogens (tertiary/aromatic N) is 2. The number of benzene rings is 9. The van der Waals surface area contributed by atoms with Crippen LogP contribution in [0.2, 0.25) is 0 Å². The second-order valence-corrected chi connectivity index (χ2v) is 18.9. The smallest absolute Gasteiger partial charge is 0.344 e. The molecule has 0 fully saturated rings. The first-order valence-electron chi connectivity index (χ1n) is 25.9. The van der Waals surface area contributed by atoms with Gasteiger partial charge < -0.3 is 33.5 Å². The number of hydrogen-bond acceptors (Lipinski definition) is 8. The number of anilines is 6. The number of halogens is 6. The van der Waals surface area contributed by atoms with E-state index < -0.39 is 30.2 Å². The van der Waals surface area contributed by atoms with Gasteiger partial charge in [0.15, 0.2) is 0 Å². The molecule has 9 rings (SSSR count). The highest BCUT2D eigenvalue weighted by Gasteiger charge is 2.17. The lowest BCUT2D eigenvalue weighted by Crippen LogP contribution is -2.11. The standard InChI is InChI=1S/C67H54F6N2O6/c1-45-8-6-12-57(38-45)74(53-10-4-3-5-11-53)55-26-20-51(21-27-55)52-22-28-56(29-23-52)75(58-13-7-9-46(2)39-58)54-24-14-49(15-25-54)44-79-63(76)42-50-40-61(77-36-34-47-16-30-59(31-17-47)80-66(72)64(68)69)43-62(41-50)78-37-35-48-18-32-60(33-19-48)81-67(73)65(70)71/h3-33,38-41,43H,34-37,42,44H2,1-2H3. The zero-order chi connectivity index (χ0) is 56.7. The molecular weight excluding hydrogens is 1040 g/mol. The van der Waals surface area contributed by atoms with Gasteiger partial charge in [0.1, 0.15) is 29.6 Å². The highest BCUT2D eigenvalue weighted by Crippen LogP contribution is 2.39. The van der Waals surface area contributed by atoms with E-state index >= 15 is 0 Å². The van der Waals surface area contributed by atoms with Crippen molar-refractivity contribution in [2.75, 3.05) is 23.0 Å². The molecule has 0 atom stereocenters. The van der Waals surface area contributed by atoms with Crippen LogP contribution in [0.4, 0.5) is 60.5 Å². The molecule has 0 saturated heterocycles. The van der Waals surface area contributed by atoms with Gasteiger partial charge in [0.05, 0.1) is 19.6 Å². The predicted molar refractivity (Wildman–Crippen MR) is 304 cm³/mol. The van der Waals surface area contributed by atoms with Crippen molar-refractivity contribution in [1.29, 1.82) is 0 Å². The molecule has 0 aromatic heterocycles. The fourth-order valence-electron chi connectivity index (χ4n) is 8.94. The second kappa shape index (κ2) is 26.8. The third kappa shape index (κ3) is 15.5. The van der Waals surface area contributed by atoms with E-state index in [0.717, 1.165) is 67.5 Å².